The number of hydrogen-bond acceptors (Lipinski definition) is 2. The number of hydrogen-bond donors (Lipinski definition) is 1. The third-order valence-corrected chi connectivity index (χ3v) is 4.91. The molecule has 2 atom stereocenters. The zero-order valence-corrected chi connectivity index (χ0v) is 13.5. The molecule has 1 heterocycles. The van der Waals surface area contributed by atoms with Crippen LogP contribution in [0.2, 0.25) is 0 Å². The topological polar surface area (TPSA) is 23.5 Å². The van der Waals surface area contributed by atoms with E-state index in [9.17, 15) is 5.11 Å². The second-order valence-electron chi connectivity index (χ2n) is 5.57. The first-order valence-corrected chi connectivity index (χ1v) is 8.13. The molecule has 1 aliphatic heterocycles. The number of aliphatic hydroxyl groups is 1. The van der Waals surface area contributed by atoms with E-state index in [0.29, 0.717) is 0 Å². The molecule has 0 aromatic heterocycles. The smallest absolute Gasteiger partial charge is 0.0772 e. The number of halogens is 1. The minimum atomic E-state index is -0.419. The minimum absolute atomic E-state index is 0.419. The summed E-state index contributed by atoms with van der Waals surface area (Å²) in [5, 5.41) is 9.67. The molecular weight excluding hydrogens is 302 g/mol. The third-order valence-electron chi connectivity index (χ3n) is 4.22. The summed E-state index contributed by atoms with van der Waals surface area (Å²) in [6.45, 7) is 6.40. The highest BCUT2D eigenvalue weighted by molar-refractivity contribution is 9.10. The Morgan fingerprint density at radius 1 is 1.37 bits per heavy atom. The van der Waals surface area contributed by atoms with Gasteiger partial charge in [0, 0.05) is 23.2 Å². The third kappa shape index (κ3) is 3.73. The van der Waals surface area contributed by atoms with Crippen LogP contribution in [0.4, 0.5) is 5.69 Å². The second kappa shape index (κ2) is 6.76. The van der Waals surface area contributed by atoms with Crippen LogP contribution < -0.4 is 4.90 Å². The van der Waals surface area contributed by atoms with Crippen molar-refractivity contribution < 1.29 is 5.11 Å². The van der Waals surface area contributed by atoms with Gasteiger partial charge in [0.25, 0.3) is 0 Å². The van der Waals surface area contributed by atoms with E-state index in [4.69, 9.17) is 0 Å². The predicted octanol–water partition coefficient (Wildman–Crippen LogP) is 4.52. The summed E-state index contributed by atoms with van der Waals surface area (Å²) in [5.41, 5.74) is 2.23. The van der Waals surface area contributed by atoms with Crippen molar-refractivity contribution in [2.75, 3.05) is 18.0 Å². The van der Waals surface area contributed by atoms with Gasteiger partial charge in [-0.15, -0.1) is 0 Å². The van der Waals surface area contributed by atoms with Gasteiger partial charge >= 0.3 is 0 Å². The molecule has 0 radical (unpaired) electrons. The fourth-order valence-electron chi connectivity index (χ4n) is 2.88. The normalized spacial score (nSPS) is 22.1. The Kier molecular flexibility index (Phi) is 5.28. The lowest BCUT2D eigenvalue weighted by molar-refractivity contribution is 0.198. The number of benzene rings is 1. The van der Waals surface area contributed by atoms with Gasteiger partial charge in [0.15, 0.2) is 0 Å². The van der Waals surface area contributed by atoms with Crippen molar-refractivity contribution in [2.24, 2.45) is 5.92 Å². The van der Waals surface area contributed by atoms with Crippen molar-refractivity contribution in [3.63, 3.8) is 0 Å². The molecule has 1 fully saturated rings. The molecule has 2 nitrogen and oxygen atoms in total. The second-order valence-corrected chi connectivity index (χ2v) is 6.43. The molecule has 0 aliphatic carbocycles. The van der Waals surface area contributed by atoms with Crippen LogP contribution in [0, 0.1) is 5.92 Å². The number of anilines is 1. The molecule has 0 spiro atoms. The van der Waals surface area contributed by atoms with Gasteiger partial charge < -0.3 is 10.0 Å². The molecule has 1 aromatic rings. The average molecular weight is 326 g/mol. The molecule has 106 valence electrons. The Morgan fingerprint density at radius 3 is 2.79 bits per heavy atom. The molecule has 0 bridgehead atoms. The van der Waals surface area contributed by atoms with Crippen LogP contribution in [-0.4, -0.2) is 18.2 Å². The molecule has 0 amide bonds. The Morgan fingerprint density at radius 2 is 2.16 bits per heavy atom. The summed E-state index contributed by atoms with van der Waals surface area (Å²) in [4.78, 5) is 2.48. The lowest BCUT2D eigenvalue weighted by Crippen LogP contribution is -2.24. The van der Waals surface area contributed by atoms with Crippen LogP contribution >= 0.6 is 15.9 Å². The minimum Gasteiger partial charge on any atom is -0.389 e. The Balaban J connectivity index is 2.11. The summed E-state index contributed by atoms with van der Waals surface area (Å²) in [6.07, 6.45) is 4.83. The van der Waals surface area contributed by atoms with E-state index in [1.807, 2.05) is 6.07 Å². The lowest BCUT2D eigenvalue weighted by Gasteiger charge is -2.24. The first kappa shape index (κ1) is 14.9. The van der Waals surface area contributed by atoms with Crippen molar-refractivity contribution in [1.29, 1.82) is 0 Å². The maximum atomic E-state index is 9.67. The maximum Gasteiger partial charge on any atom is 0.0772 e. The molecule has 1 saturated heterocycles. The van der Waals surface area contributed by atoms with Gasteiger partial charge in [-0.05, 0) is 49.8 Å². The number of aliphatic hydroxyl groups excluding tert-OH is 1. The van der Waals surface area contributed by atoms with Crippen LogP contribution in [-0.2, 0) is 0 Å². The van der Waals surface area contributed by atoms with Crippen molar-refractivity contribution >= 4 is 21.6 Å². The van der Waals surface area contributed by atoms with Gasteiger partial charge in [-0.3, -0.25) is 0 Å². The Bertz CT molecular complexity index is 419. The van der Waals surface area contributed by atoms with Gasteiger partial charge in [-0.2, -0.15) is 0 Å². The standard InChI is InChI=1S/C16H24BrNO/c1-3-13-5-4-9-18(10-8-13)14-6-7-15(12(2)19)16(17)11-14/h6-7,11-13,19H,3-5,8-10H2,1-2H3. The van der Waals surface area contributed by atoms with Gasteiger partial charge in [-0.1, -0.05) is 35.3 Å². The van der Waals surface area contributed by atoms with Crippen LogP contribution in [0.1, 0.15) is 51.2 Å². The molecule has 0 saturated carbocycles. The molecule has 1 N–H and O–H groups in total. The Hall–Kier alpha value is -0.540. The highest BCUT2D eigenvalue weighted by Gasteiger charge is 2.17. The van der Waals surface area contributed by atoms with Crippen molar-refractivity contribution in [3.8, 4) is 0 Å². The molecule has 1 aliphatic rings. The van der Waals surface area contributed by atoms with Crippen LogP contribution in [0.5, 0.6) is 0 Å². The van der Waals surface area contributed by atoms with E-state index in [1.54, 1.807) is 6.92 Å². The van der Waals surface area contributed by atoms with E-state index in [1.165, 1.54) is 31.4 Å². The molecular formula is C16H24BrNO. The SMILES string of the molecule is CCC1CCCN(c2ccc(C(C)O)c(Br)c2)CC1. The average Bonchev–Trinajstić information content (AvgIpc) is 2.63. The molecule has 3 heteroatoms. The zero-order valence-electron chi connectivity index (χ0n) is 11.9. The highest BCUT2D eigenvalue weighted by atomic mass is 79.9. The Labute approximate surface area is 124 Å². The molecule has 2 rings (SSSR count). The van der Waals surface area contributed by atoms with Crippen molar-refractivity contribution in [1.82, 2.24) is 0 Å². The number of nitrogens with zero attached hydrogens (tertiary/aromatic N) is 1. The predicted molar refractivity (Wildman–Crippen MR) is 84.6 cm³/mol. The molecule has 1 aromatic carbocycles. The first-order chi connectivity index (χ1) is 9.11. The quantitative estimate of drug-likeness (QED) is 0.883. The summed E-state index contributed by atoms with van der Waals surface area (Å²) in [7, 11) is 0. The van der Waals surface area contributed by atoms with E-state index in [-0.39, 0.29) is 0 Å². The van der Waals surface area contributed by atoms with Crippen molar-refractivity contribution in [2.45, 2.75) is 45.6 Å². The summed E-state index contributed by atoms with van der Waals surface area (Å²) in [5.74, 6) is 0.894. The van der Waals surface area contributed by atoms with Gasteiger partial charge in [0.1, 0.15) is 0 Å². The maximum absolute atomic E-state index is 9.67. The monoisotopic (exact) mass is 325 g/mol. The fraction of sp³-hybridized carbons (Fsp3) is 0.625. The number of rotatable bonds is 3. The lowest BCUT2D eigenvalue weighted by atomic mass is 9.98. The van der Waals surface area contributed by atoms with Gasteiger partial charge in [0.05, 0.1) is 6.10 Å². The first-order valence-electron chi connectivity index (χ1n) is 7.34. The largest absolute Gasteiger partial charge is 0.389 e. The molecule has 2 unspecified atom stereocenters. The summed E-state index contributed by atoms with van der Waals surface area (Å²) >= 11 is 3.57. The van der Waals surface area contributed by atoms with Gasteiger partial charge in [0.2, 0.25) is 0 Å². The zero-order chi connectivity index (χ0) is 13.8. The van der Waals surface area contributed by atoms with E-state index >= 15 is 0 Å². The van der Waals surface area contributed by atoms with E-state index < -0.39 is 6.10 Å². The van der Waals surface area contributed by atoms with Crippen LogP contribution in [0.15, 0.2) is 22.7 Å². The summed E-state index contributed by atoms with van der Waals surface area (Å²) in [6, 6.07) is 6.32. The van der Waals surface area contributed by atoms with E-state index in [2.05, 4.69) is 39.9 Å². The molecule has 19 heavy (non-hydrogen) atoms. The van der Waals surface area contributed by atoms with Crippen LogP contribution in [0.25, 0.3) is 0 Å². The van der Waals surface area contributed by atoms with Crippen molar-refractivity contribution in [3.05, 3.63) is 28.2 Å². The van der Waals surface area contributed by atoms with E-state index in [0.717, 1.165) is 29.0 Å². The van der Waals surface area contributed by atoms with Gasteiger partial charge in [-0.25, -0.2) is 0 Å². The highest BCUT2D eigenvalue weighted by Crippen LogP contribution is 2.30. The van der Waals surface area contributed by atoms with Crippen LogP contribution in [0.3, 0.4) is 0 Å². The summed E-state index contributed by atoms with van der Waals surface area (Å²) < 4.78 is 1.01. The fourth-order valence-corrected chi connectivity index (χ4v) is 3.58.